The fraction of sp³-hybridized carbons (Fsp3) is 0.500. The zero-order chi connectivity index (χ0) is 13.8. The first-order chi connectivity index (χ1) is 9.36. The van der Waals surface area contributed by atoms with Crippen LogP contribution in [-0.2, 0) is 4.74 Å². The highest BCUT2D eigenvalue weighted by Gasteiger charge is 1.93. The number of benzene rings is 1. The Hall–Kier alpha value is -1.32. The maximum absolute atomic E-state index is 5.62. The molecule has 19 heavy (non-hydrogen) atoms. The van der Waals surface area contributed by atoms with E-state index in [1.165, 1.54) is 5.56 Å². The van der Waals surface area contributed by atoms with Crippen molar-refractivity contribution in [2.75, 3.05) is 33.4 Å². The van der Waals surface area contributed by atoms with E-state index in [-0.39, 0.29) is 0 Å². The van der Waals surface area contributed by atoms with Crippen molar-refractivity contribution in [3.63, 3.8) is 0 Å². The van der Waals surface area contributed by atoms with Gasteiger partial charge in [-0.25, -0.2) is 0 Å². The van der Waals surface area contributed by atoms with E-state index in [0.717, 1.165) is 44.9 Å². The van der Waals surface area contributed by atoms with Gasteiger partial charge in [-0.05, 0) is 24.1 Å². The smallest absolute Gasteiger partial charge is 0.119 e. The number of rotatable bonds is 10. The molecule has 1 aromatic rings. The molecule has 0 heterocycles. The molecule has 0 aliphatic carbocycles. The van der Waals surface area contributed by atoms with Crippen LogP contribution in [0.1, 0.15) is 25.3 Å². The summed E-state index contributed by atoms with van der Waals surface area (Å²) in [6.45, 7) is 5.45. The van der Waals surface area contributed by atoms with Crippen molar-refractivity contribution in [3.05, 3.63) is 35.9 Å². The van der Waals surface area contributed by atoms with Gasteiger partial charge in [-0.2, -0.15) is 0 Å². The zero-order valence-electron chi connectivity index (χ0n) is 12.0. The topological polar surface area (TPSA) is 30.5 Å². The molecule has 0 aliphatic rings. The van der Waals surface area contributed by atoms with Crippen LogP contribution in [0.2, 0.25) is 0 Å². The highest BCUT2D eigenvalue weighted by Crippen LogP contribution is 2.13. The Morgan fingerprint density at radius 1 is 1.16 bits per heavy atom. The summed E-state index contributed by atoms with van der Waals surface area (Å²) < 4.78 is 10.6. The second-order valence-corrected chi connectivity index (χ2v) is 4.37. The van der Waals surface area contributed by atoms with Gasteiger partial charge in [0, 0.05) is 20.2 Å². The lowest BCUT2D eigenvalue weighted by Crippen LogP contribution is -2.18. The number of ether oxygens (including phenoxy) is 2. The first kappa shape index (κ1) is 15.7. The molecule has 0 spiro atoms. The van der Waals surface area contributed by atoms with Crippen molar-refractivity contribution >= 4 is 6.08 Å². The van der Waals surface area contributed by atoms with E-state index in [9.17, 15) is 0 Å². The van der Waals surface area contributed by atoms with Crippen molar-refractivity contribution in [2.45, 2.75) is 19.8 Å². The van der Waals surface area contributed by atoms with E-state index < -0.39 is 0 Å². The van der Waals surface area contributed by atoms with Gasteiger partial charge in [-0.3, -0.25) is 0 Å². The molecule has 0 bridgehead atoms. The monoisotopic (exact) mass is 263 g/mol. The standard InChI is InChI=1S/C16H25NO2/c1-3-4-13-19-16-9-7-15(8-10-16)6-5-11-17-12-14-18-2/h5-10,17H,3-4,11-14H2,1-2H3. The van der Waals surface area contributed by atoms with E-state index >= 15 is 0 Å². The SMILES string of the molecule is CCCCOc1ccc(C=CCNCCOC)cc1. The molecule has 0 aromatic heterocycles. The Morgan fingerprint density at radius 2 is 1.95 bits per heavy atom. The van der Waals surface area contributed by atoms with Gasteiger partial charge >= 0.3 is 0 Å². The molecule has 0 amide bonds. The summed E-state index contributed by atoms with van der Waals surface area (Å²) >= 11 is 0. The molecule has 0 aliphatic heterocycles. The van der Waals surface area contributed by atoms with Gasteiger partial charge in [-0.15, -0.1) is 0 Å². The van der Waals surface area contributed by atoms with Crippen LogP contribution in [0, 0.1) is 0 Å². The Labute approximate surface area is 116 Å². The van der Waals surface area contributed by atoms with Crippen molar-refractivity contribution in [2.24, 2.45) is 0 Å². The molecule has 3 nitrogen and oxygen atoms in total. The second-order valence-electron chi connectivity index (χ2n) is 4.37. The molecule has 0 unspecified atom stereocenters. The Kier molecular flexibility index (Phi) is 8.77. The quantitative estimate of drug-likeness (QED) is 0.658. The molecule has 0 radical (unpaired) electrons. The lowest BCUT2D eigenvalue weighted by molar-refractivity contribution is 0.200. The molecule has 1 rings (SSSR count). The van der Waals surface area contributed by atoms with Crippen LogP contribution in [0.3, 0.4) is 0 Å². The number of nitrogens with one attached hydrogen (secondary N) is 1. The number of hydrogen-bond donors (Lipinski definition) is 1. The first-order valence-corrected chi connectivity index (χ1v) is 6.96. The summed E-state index contributed by atoms with van der Waals surface area (Å²) in [7, 11) is 1.71. The molecule has 0 fully saturated rings. The highest BCUT2D eigenvalue weighted by atomic mass is 16.5. The van der Waals surface area contributed by atoms with Gasteiger partial charge in [-0.1, -0.05) is 37.6 Å². The summed E-state index contributed by atoms with van der Waals surface area (Å²) in [5.74, 6) is 0.948. The van der Waals surface area contributed by atoms with Gasteiger partial charge < -0.3 is 14.8 Å². The molecule has 1 N–H and O–H groups in total. The average Bonchev–Trinajstić information content (AvgIpc) is 2.44. The maximum atomic E-state index is 5.62. The van der Waals surface area contributed by atoms with Crippen molar-refractivity contribution in [1.82, 2.24) is 5.32 Å². The largest absolute Gasteiger partial charge is 0.494 e. The third-order valence-corrected chi connectivity index (χ3v) is 2.70. The van der Waals surface area contributed by atoms with Crippen LogP contribution >= 0.6 is 0 Å². The van der Waals surface area contributed by atoms with E-state index in [1.807, 2.05) is 12.1 Å². The van der Waals surface area contributed by atoms with Gasteiger partial charge in [0.2, 0.25) is 0 Å². The third-order valence-electron chi connectivity index (χ3n) is 2.70. The van der Waals surface area contributed by atoms with Crippen molar-refractivity contribution < 1.29 is 9.47 Å². The molecular weight excluding hydrogens is 238 g/mol. The minimum atomic E-state index is 0.748. The Morgan fingerprint density at radius 3 is 2.63 bits per heavy atom. The van der Waals surface area contributed by atoms with Gasteiger partial charge in [0.05, 0.1) is 13.2 Å². The Bertz CT molecular complexity index is 346. The van der Waals surface area contributed by atoms with Crippen molar-refractivity contribution in [3.8, 4) is 5.75 Å². The molecule has 0 saturated carbocycles. The van der Waals surface area contributed by atoms with Crippen LogP contribution in [0.5, 0.6) is 5.75 Å². The van der Waals surface area contributed by atoms with Crippen molar-refractivity contribution in [1.29, 1.82) is 0 Å². The van der Waals surface area contributed by atoms with Gasteiger partial charge in [0.1, 0.15) is 5.75 Å². The first-order valence-electron chi connectivity index (χ1n) is 6.96. The summed E-state index contributed by atoms with van der Waals surface area (Å²) in [5.41, 5.74) is 1.19. The fourth-order valence-corrected chi connectivity index (χ4v) is 1.56. The third kappa shape index (κ3) is 7.65. The lowest BCUT2D eigenvalue weighted by Gasteiger charge is -2.05. The van der Waals surface area contributed by atoms with Gasteiger partial charge in [0.25, 0.3) is 0 Å². The normalized spacial score (nSPS) is 11.1. The average molecular weight is 263 g/mol. The summed E-state index contributed by atoms with van der Waals surface area (Å²) in [6, 6.07) is 8.20. The molecule has 3 heteroatoms. The molecule has 0 atom stereocenters. The van der Waals surface area contributed by atoms with Crippen LogP contribution in [0.4, 0.5) is 0 Å². The van der Waals surface area contributed by atoms with Crippen LogP contribution in [-0.4, -0.2) is 33.4 Å². The van der Waals surface area contributed by atoms with Crippen LogP contribution in [0.15, 0.2) is 30.3 Å². The van der Waals surface area contributed by atoms with E-state index in [0.29, 0.717) is 0 Å². The maximum Gasteiger partial charge on any atom is 0.119 e. The molecular formula is C16H25NO2. The number of methoxy groups -OCH3 is 1. The van der Waals surface area contributed by atoms with E-state index in [4.69, 9.17) is 9.47 Å². The minimum absolute atomic E-state index is 0.748. The summed E-state index contributed by atoms with van der Waals surface area (Å²) in [6.07, 6.45) is 6.49. The van der Waals surface area contributed by atoms with E-state index in [1.54, 1.807) is 7.11 Å². The van der Waals surface area contributed by atoms with Crippen LogP contribution in [0.25, 0.3) is 6.08 Å². The zero-order valence-corrected chi connectivity index (χ0v) is 12.0. The highest BCUT2D eigenvalue weighted by molar-refractivity contribution is 5.50. The predicted octanol–water partition coefficient (Wildman–Crippen LogP) is 3.11. The van der Waals surface area contributed by atoms with E-state index in [2.05, 4.69) is 36.5 Å². The number of unbranched alkanes of at least 4 members (excludes halogenated alkanes) is 1. The Balaban J connectivity index is 2.25. The molecule has 0 saturated heterocycles. The minimum Gasteiger partial charge on any atom is -0.494 e. The van der Waals surface area contributed by atoms with Crippen LogP contribution < -0.4 is 10.1 Å². The lowest BCUT2D eigenvalue weighted by atomic mass is 10.2. The summed E-state index contributed by atoms with van der Waals surface area (Å²) in [4.78, 5) is 0. The van der Waals surface area contributed by atoms with Gasteiger partial charge in [0.15, 0.2) is 0 Å². The summed E-state index contributed by atoms with van der Waals surface area (Å²) in [5, 5.41) is 3.27. The number of hydrogen-bond acceptors (Lipinski definition) is 3. The predicted molar refractivity (Wildman–Crippen MR) is 80.6 cm³/mol. The second kappa shape index (κ2) is 10.6. The fourth-order valence-electron chi connectivity index (χ4n) is 1.56. The molecule has 1 aromatic carbocycles. The molecule has 106 valence electrons.